The van der Waals surface area contributed by atoms with Crippen LogP contribution >= 0.6 is 0 Å². The summed E-state index contributed by atoms with van der Waals surface area (Å²) in [6.07, 6.45) is 2.33. The molecule has 0 unspecified atom stereocenters. The van der Waals surface area contributed by atoms with Crippen LogP contribution in [0.25, 0.3) is 32.3 Å². The van der Waals surface area contributed by atoms with E-state index in [9.17, 15) is 22.6 Å². The molecule has 0 atom stereocenters. The van der Waals surface area contributed by atoms with Crippen molar-refractivity contribution >= 4 is 54.3 Å². The summed E-state index contributed by atoms with van der Waals surface area (Å²) in [6, 6.07) is 10.6. The summed E-state index contributed by atoms with van der Waals surface area (Å²) in [4.78, 5) is 23.6. The molecule has 0 spiro atoms. The van der Waals surface area contributed by atoms with Crippen molar-refractivity contribution in [3.63, 3.8) is 0 Å². The Balaban J connectivity index is 1.47. The van der Waals surface area contributed by atoms with Gasteiger partial charge in [0.15, 0.2) is 6.61 Å². The van der Waals surface area contributed by atoms with Gasteiger partial charge in [-0.25, -0.2) is 0 Å². The zero-order valence-electron chi connectivity index (χ0n) is 20.0. The molecule has 0 bridgehead atoms. The lowest BCUT2D eigenvalue weighted by Gasteiger charge is -2.26. The number of hydrogen-bond acceptors (Lipinski definition) is 5. The molecule has 1 aliphatic carbocycles. The fourth-order valence-electron chi connectivity index (χ4n) is 5.50. The smallest absolute Gasteiger partial charge is 0.306 e. The Morgan fingerprint density at radius 2 is 1.47 bits per heavy atom. The molecule has 36 heavy (non-hydrogen) atoms. The highest BCUT2D eigenvalue weighted by Gasteiger charge is 2.27. The molecule has 0 aromatic heterocycles. The van der Waals surface area contributed by atoms with Crippen molar-refractivity contribution in [2.24, 2.45) is 5.92 Å². The van der Waals surface area contributed by atoms with E-state index in [-0.39, 0.29) is 29.4 Å². The first-order chi connectivity index (χ1) is 17.0. The van der Waals surface area contributed by atoms with Crippen LogP contribution in [0.3, 0.4) is 0 Å². The van der Waals surface area contributed by atoms with Gasteiger partial charge in [-0.15, -0.1) is 0 Å². The molecule has 5 rings (SSSR count). The third kappa shape index (κ3) is 4.22. The number of amides is 1. The van der Waals surface area contributed by atoms with Gasteiger partial charge in [0.1, 0.15) is 10.6 Å². The van der Waals surface area contributed by atoms with Gasteiger partial charge >= 0.3 is 5.97 Å². The van der Waals surface area contributed by atoms with Crippen LogP contribution < -0.4 is 10.1 Å². The van der Waals surface area contributed by atoms with E-state index < -0.39 is 16.1 Å². The van der Waals surface area contributed by atoms with Crippen LogP contribution in [-0.2, 0) is 19.7 Å². The Morgan fingerprint density at radius 3 is 2.08 bits per heavy atom. The molecule has 4 aromatic rings. The van der Waals surface area contributed by atoms with E-state index >= 15 is 0 Å². The maximum absolute atomic E-state index is 12.6. The van der Waals surface area contributed by atoms with E-state index in [0.717, 1.165) is 38.1 Å². The lowest BCUT2D eigenvalue weighted by molar-refractivity contribution is -0.142. The molecule has 1 amide bonds. The number of hydrogen-bond donors (Lipinski definition) is 3. The van der Waals surface area contributed by atoms with Crippen molar-refractivity contribution in [2.45, 2.75) is 50.5 Å². The Kier molecular flexibility index (Phi) is 6.00. The quantitative estimate of drug-likeness (QED) is 0.256. The zero-order chi connectivity index (χ0) is 25.8. The summed E-state index contributed by atoms with van der Waals surface area (Å²) in [5.41, 5.74) is 1.64. The molecule has 0 heterocycles. The number of carbonyl (C=O) groups excluding carboxylic acids is 1. The van der Waals surface area contributed by atoms with Crippen LogP contribution in [0.1, 0.15) is 36.8 Å². The molecule has 9 heteroatoms. The molecular weight excluding hydrogens is 482 g/mol. The normalized spacial score (nSPS) is 18.6. The maximum Gasteiger partial charge on any atom is 0.306 e. The maximum atomic E-state index is 12.6. The number of carboxylic acid groups (broad SMARTS) is 1. The van der Waals surface area contributed by atoms with Gasteiger partial charge in [0.2, 0.25) is 0 Å². The molecule has 8 nitrogen and oxygen atoms in total. The second-order valence-corrected chi connectivity index (χ2v) is 11.1. The highest BCUT2D eigenvalue weighted by Crippen LogP contribution is 2.43. The van der Waals surface area contributed by atoms with Gasteiger partial charge in [-0.3, -0.25) is 14.1 Å². The lowest BCUT2D eigenvalue weighted by Crippen LogP contribution is -2.40. The van der Waals surface area contributed by atoms with Crippen LogP contribution in [0.2, 0.25) is 0 Å². The number of ether oxygens (including phenoxy) is 1. The van der Waals surface area contributed by atoms with Crippen molar-refractivity contribution in [1.82, 2.24) is 5.32 Å². The first kappa shape index (κ1) is 24.3. The van der Waals surface area contributed by atoms with Crippen LogP contribution in [-0.4, -0.2) is 42.6 Å². The summed E-state index contributed by atoms with van der Waals surface area (Å²) < 4.78 is 40.0. The number of benzene rings is 4. The van der Waals surface area contributed by atoms with E-state index in [2.05, 4.69) is 5.32 Å². The molecule has 1 fully saturated rings. The first-order valence-electron chi connectivity index (χ1n) is 11.9. The molecular formula is C27H27NO7S. The summed E-state index contributed by atoms with van der Waals surface area (Å²) in [5, 5.41) is 16.6. The van der Waals surface area contributed by atoms with Gasteiger partial charge < -0.3 is 15.2 Å². The van der Waals surface area contributed by atoms with Gasteiger partial charge in [0.25, 0.3) is 16.0 Å². The van der Waals surface area contributed by atoms with Gasteiger partial charge in [0, 0.05) is 22.2 Å². The summed E-state index contributed by atoms with van der Waals surface area (Å²) in [6.45, 7) is 3.53. The Bertz CT molecular complexity index is 1620. The molecule has 0 saturated heterocycles. The van der Waals surface area contributed by atoms with Crippen LogP contribution in [0.4, 0.5) is 0 Å². The lowest BCUT2D eigenvalue weighted by atomic mass is 9.86. The third-order valence-electron chi connectivity index (χ3n) is 7.31. The Hall–Kier alpha value is -3.43. The average molecular weight is 510 g/mol. The van der Waals surface area contributed by atoms with Gasteiger partial charge in [-0.05, 0) is 85.0 Å². The highest BCUT2D eigenvalue weighted by molar-refractivity contribution is 7.86. The van der Waals surface area contributed by atoms with Crippen molar-refractivity contribution in [1.29, 1.82) is 0 Å². The number of aryl methyl sites for hydroxylation is 2. The largest absolute Gasteiger partial charge is 0.483 e. The minimum Gasteiger partial charge on any atom is -0.483 e. The molecule has 188 valence electrons. The molecule has 1 aliphatic rings. The van der Waals surface area contributed by atoms with Crippen LogP contribution in [0, 0.1) is 19.8 Å². The standard InChI is InChI=1S/C27H27NO7S/c1-14-11-22(35-13-24(29)28-17-5-3-16(4-6-17)27(30)31)20-9-10-21-23(36(32,33)34)12-15(2)19-8-7-18(14)25(20)26(19)21/h7-12,16-17H,3-6,13H2,1-2H3,(H,28,29)(H,30,31)(H,32,33,34). The number of nitrogens with one attached hydrogen (secondary N) is 1. The molecule has 3 N–H and O–H groups in total. The van der Waals surface area contributed by atoms with Crippen molar-refractivity contribution in [2.75, 3.05) is 6.61 Å². The molecule has 0 radical (unpaired) electrons. The van der Waals surface area contributed by atoms with E-state index in [4.69, 9.17) is 9.84 Å². The third-order valence-corrected chi connectivity index (χ3v) is 8.21. The predicted octanol–water partition coefficient (Wildman–Crippen LogP) is 4.59. The number of aliphatic carboxylic acids is 1. The number of carboxylic acids is 1. The Morgan fingerprint density at radius 1 is 0.917 bits per heavy atom. The molecule has 0 aliphatic heterocycles. The van der Waals surface area contributed by atoms with Crippen molar-refractivity contribution < 1.29 is 32.4 Å². The zero-order valence-corrected chi connectivity index (χ0v) is 20.8. The van der Waals surface area contributed by atoms with E-state index in [1.165, 1.54) is 6.07 Å². The fraction of sp³-hybridized carbons (Fsp3) is 0.333. The molecule has 4 aromatic carbocycles. The second kappa shape index (κ2) is 8.90. The van der Waals surface area contributed by atoms with Crippen molar-refractivity contribution in [3.8, 4) is 5.75 Å². The van der Waals surface area contributed by atoms with Gasteiger partial charge in [-0.1, -0.05) is 18.2 Å². The fourth-order valence-corrected chi connectivity index (χ4v) is 6.27. The molecule has 1 saturated carbocycles. The van der Waals surface area contributed by atoms with Crippen LogP contribution in [0.15, 0.2) is 41.3 Å². The summed E-state index contributed by atoms with van der Waals surface area (Å²) in [5.74, 6) is -0.901. The average Bonchev–Trinajstić information content (AvgIpc) is 2.83. The van der Waals surface area contributed by atoms with E-state index in [1.807, 2.05) is 25.1 Å². The SMILES string of the molecule is Cc1cc(OCC(=O)NC2CCC(C(=O)O)CC2)c2ccc3c(S(=O)(=O)O)cc(C)c4ccc1c2c43. The summed E-state index contributed by atoms with van der Waals surface area (Å²) >= 11 is 0. The van der Waals surface area contributed by atoms with Crippen molar-refractivity contribution in [3.05, 3.63) is 47.5 Å². The van der Waals surface area contributed by atoms with E-state index in [1.54, 1.807) is 19.1 Å². The number of rotatable bonds is 6. The minimum atomic E-state index is -4.43. The van der Waals surface area contributed by atoms with Crippen LogP contribution in [0.5, 0.6) is 5.75 Å². The Labute approximate surface area is 208 Å². The van der Waals surface area contributed by atoms with Gasteiger partial charge in [0.05, 0.1) is 5.92 Å². The minimum absolute atomic E-state index is 0.0679. The second-order valence-electron chi connectivity index (χ2n) is 9.67. The monoisotopic (exact) mass is 509 g/mol. The number of carbonyl (C=O) groups is 2. The first-order valence-corrected chi connectivity index (χ1v) is 13.3. The van der Waals surface area contributed by atoms with E-state index in [0.29, 0.717) is 36.8 Å². The summed E-state index contributed by atoms with van der Waals surface area (Å²) in [7, 11) is -4.43. The topological polar surface area (TPSA) is 130 Å². The highest BCUT2D eigenvalue weighted by atomic mass is 32.2. The van der Waals surface area contributed by atoms with Gasteiger partial charge in [-0.2, -0.15) is 8.42 Å². The predicted molar refractivity (Wildman–Crippen MR) is 136 cm³/mol.